The maximum Gasteiger partial charge on any atom is 0.340 e. The molecule has 31 heavy (non-hydrogen) atoms. The molecule has 2 saturated heterocycles. The molecule has 0 saturated carbocycles. The lowest BCUT2D eigenvalue weighted by Gasteiger charge is -2.39. The molecule has 0 amide bonds. The molecular weight excluding hydrogens is 396 g/mol. The van der Waals surface area contributed by atoms with E-state index in [1.54, 1.807) is 6.92 Å². The smallest absolute Gasteiger partial charge is 0.340 e. The standard InChI is InChI=1S/C23H28N4O4/c1-2-31-23(28)20-13-25-22(24)21(27(29)30)19(20)12-16-10-17-8-9-18(11-16)26(17)14-15-6-4-3-5-7-15/h3-7,13,16-18H,2,8-12,14H2,1H3,(H2,24,25)/t16?,17-,18+. The van der Waals surface area contributed by atoms with E-state index in [1.807, 2.05) is 6.07 Å². The number of piperidine rings is 1. The molecule has 2 fully saturated rings. The third-order valence-electron chi connectivity index (χ3n) is 6.55. The van der Waals surface area contributed by atoms with Crippen molar-refractivity contribution < 1.29 is 14.5 Å². The first-order valence-corrected chi connectivity index (χ1v) is 10.9. The molecule has 1 unspecified atom stereocenters. The van der Waals surface area contributed by atoms with Crippen LogP contribution in [0.5, 0.6) is 0 Å². The fourth-order valence-electron chi connectivity index (χ4n) is 5.25. The zero-order valence-electron chi connectivity index (χ0n) is 17.7. The summed E-state index contributed by atoms with van der Waals surface area (Å²) in [4.78, 5) is 30.1. The SMILES string of the molecule is CCOC(=O)c1cnc(N)c([N+](=O)[O-])c1CC1C[C@H]2CC[C@@H](C1)N2Cc1ccccc1. The summed E-state index contributed by atoms with van der Waals surface area (Å²) in [6.45, 7) is 2.83. The van der Waals surface area contributed by atoms with Crippen LogP contribution in [0, 0.1) is 16.0 Å². The summed E-state index contributed by atoms with van der Waals surface area (Å²) >= 11 is 0. The second-order valence-corrected chi connectivity index (χ2v) is 8.45. The molecule has 0 aliphatic carbocycles. The molecule has 2 aliphatic heterocycles. The van der Waals surface area contributed by atoms with Crippen LogP contribution in [0.2, 0.25) is 0 Å². The van der Waals surface area contributed by atoms with Gasteiger partial charge in [0.1, 0.15) is 0 Å². The molecule has 8 nitrogen and oxygen atoms in total. The van der Waals surface area contributed by atoms with Gasteiger partial charge in [-0.3, -0.25) is 15.0 Å². The number of esters is 1. The molecule has 1 aromatic carbocycles. The Balaban J connectivity index is 1.56. The Hall–Kier alpha value is -3.00. The lowest BCUT2D eigenvalue weighted by molar-refractivity contribution is -0.384. The monoisotopic (exact) mass is 424 g/mol. The summed E-state index contributed by atoms with van der Waals surface area (Å²) in [5, 5.41) is 11.7. The van der Waals surface area contributed by atoms with Crippen LogP contribution in [0.15, 0.2) is 36.5 Å². The summed E-state index contributed by atoms with van der Waals surface area (Å²) < 4.78 is 5.12. The van der Waals surface area contributed by atoms with Gasteiger partial charge >= 0.3 is 11.7 Å². The average Bonchev–Trinajstić information content (AvgIpc) is 2.97. The van der Waals surface area contributed by atoms with Crippen molar-refractivity contribution in [3.8, 4) is 0 Å². The first kappa shape index (κ1) is 21.2. The van der Waals surface area contributed by atoms with Gasteiger partial charge in [-0.1, -0.05) is 30.3 Å². The van der Waals surface area contributed by atoms with Gasteiger partial charge in [0.25, 0.3) is 0 Å². The molecule has 3 heterocycles. The number of ether oxygens (including phenoxy) is 1. The van der Waals surface area contributed by atoms with Gasteiger partial charge in [0.15, 0.2) is 0 Å². The predicted molar refractivity (Wildman–Crippen MR) is 116 cm³/mol. The van der Waals surface area contributed by atoms with E-state index in [9.17, 15) is 14.9 Å². The highest BCUT2D eigenvalue weighted by molar-refractivity contribution is 5.92. The Bertz CT molecular complexity index is 952. The molecule has 0 radical (unpaired) electrons. The topological polar surface area (TPSA) is 112 Å². The van der Waals surface area contributed by atoms with Crippen molar-refractivity contribution in [2.45, 2.75) is 57.7 Å². The molecule has 2 bridgehead atoms. The number of fused-ring (bicyclic) bond motifs is 2. The Morgan fingerprint density at radius 3 is 2.55 bits per heavy atom. The van der Waals surface area contributed by atoms with E-state index in [-0.39, 0.29) is 29.6 Å². The highest BCUT2D eigenvalue weighted by Crippen LogP contribution is 2.42. The third kappa shape index (κ3) is 4.39. The minimum Gasteiger partial charge on any atom is -0.462 e. The van der Waals surface area contributed by atoms with E-state index >= 15 is 0 Å². The van der Waals surface area contributed by atoms with Crippen molar-refractivity contribution in [3.63, 3.8) is 0 Å². The van der Waals surface area contributed by atoms with Crippen LogP contribution in [0.1, 0.15) is 54.1 Å². The largest absolute Gasteiger partial charge is 0.462 e. The van der Waals surface area contributed by atoms with Crippen LogP contribution in [0.3, 0.4) is 0 Å². The lowest BCUT2D eigenvalue weighted by Crippen LogP contribution is -2.42. The number of pyridine rings is 1. The highest BCUT2D eigenvalue weighted by atomic mass is 16.6. The molecule has 164 valence electrons. The molecule has 2 aliphatic rings. The van der Waals surface area contributed by atoms with E-state index in [0.717, 1.165) is 32.2 Å². The zero-order valence-corrected chi connectivity index (χ0v) is 17.7. The number of nitrogens with two attached hydrogens (primary N) is 1. The van der Waals surface area contributed by atoms with E-state index in [1.165, 1.54) is 11.8 Å². The van der Waals surface area contributed by atoms with Crippen LogP contribution < -0.4 is 5.73 Å². The number of aromatic nitrogens is 1. The molecular formula is C23H28N4O4. The quantitative estimate of drug-likeness (QED) is 0.409. The summed E-state index contributed by atoms with van der Waals surface area (Å²) in [7, 11) is 0. The third-order valence-corrected chi connectivity index (χ3v) is 6.55. The van der Waals surface area contributed by atoms with Gasteiger partial charge in [-0.05, 0) is 50.5 Å². The zero-order chi connectivity index (χ0) is 22.0. The first-order chi connectivity index (χ1) is 15.0. The maximum absolute atomic E-state index is 12.5. The Morgan fingerprint density at radius 1 is 1.26 bits per heavy atom. The molecule has 0 spiro atoms. The number of hydrogen-bond donors (Lipinski definition) is 1. The number of carbonyl (C=O) groups is 1. The second-order valence-electron chi connectivity index (χ2n) is 8.45. The van der Waals surface area contributed by atoms with Crippen molar-refractivity contribution >= 4 is 17.5 Å². The molecule has 4 rings (SSSR count). The molecule has 2 aromatic rings. The van der Waals surface area contributed by atoms with Crippen LogP contribution in [-0.4, -0.2) is 39.5 Å². The highest BCUT2D eigenvalue weighted by Gasteiger charge is 2.41. The van der Waals surface area contributed by atoms with Crippen molar-refractivity contribution in [3.05, 3.63) is 63.3 Å². The van der Waals surface area contributed by atoms with Crippen molar-refractivity contribution in [1.82, 2.24) is 9.88 Å². The molecule has 8 heteroatoms. The van der Waals surface area contributed by atoms with Gasteiger partial charge in [-0.15, -0.1) is 0 Å². The Morgan fingerprint density at radius 2 is 1.94 bits per heavy atom. The minimum absolute atomic E-state index is 0.154. The van der Waals surface area contributed by atoms with Crippen LogP contribution in [0.4, 0.5) is 11.5 Å². The van der Waals surface area contributed by atoms with Crippen LogP contribution >= 0.6 is 0 Å². The van der Waals surface area contributed by atoms with Crippen LogP contribution in [0.25, 0.3) is 0 Å². The van der Waals surface area contributed by atoms with E-state index in [2.05, 4.69) is 34.1 Å². The Kier molecular flexibility index (Phi) is 6.18. The first-order valence-electron chi connectivity index (χ1n) is 10.9. The average molecular weight is 425 g/mol. The van der Waals surface area contributed by atoms with Gasteiger partial charge in [-0.25, -0.2) is 9.78 Å². The minimum atomic E-state index is -0.586. The fraction of sp³-hybridized carbons (Fsp3) is 0.478. The van der Waals surface area contributed by atoms with Crippen molar-refractivity contribution in [1.29, 1.82) is 0 Å². The van der Waals surface area contributed by atoms with Gasteiger partial charge in [0, 0.05) is 24.8 Å². The normalized spacial score (nSPS) is 22.9. The predicted octanol–water partition coefficient (Wildman–Crippen LogP) is 3.73. The summed E-state index contributed by atoms with van der Waals surface area (Å²) in [6.07, 6.45) is 5.92. The molecule has 3 atom stereocenters. The van der Waals surface area contributed by atoms with E-state index in [4.69, 9.17) is 10.5 Å². The molecule has 1 aromatic heterocycles. The number of carbonyl (C=O) groups excluding carboxylic acids is 1. The number of nitro groups is 1. The summed E-state index contributed by atoms with van der Waals surface area (Å²) in [5.74, 6) is -0.492. The van der Waals surface area contributed by atoms with Crippen LogP contribution in [-0.2, 0) is 17.7 Å². The van der Waals surface area contributed by atoms with Crippen molar-refractivity contribution in [2.24, 2.45) is 5.92 Å². The number of anilines is 1. The number of rotatable bonds is 7. The number of nitrogens with zero attached hydrogens (tertiary/aromatic N) is 3. The fourth-order valence-corrected chi connectivity index (χ4v) is 5.25. The van der Waals surface area contributed by atoms with E-state index < -0.39 is 10.9 Å². The van der Waals surface area contributed by atoms with Gasteiger partial charge in [0.2, 0.25) is 5.82 Å². The van der Waals surface area contributed by atoms with Crippen molar-refractivity contribution in [2.75, 3.05) is 12.3 Å². The van der Waals surface area contributed by atoms with Gasteiger partial charge in [-0.2, -0.15) is 0 Å². The number of hydrogen-bond acceptors (Lipinski definition) is 7. The Labute approximate surface area is 181 Å². The summed E-state index contributed by atoms with van der Waals surface area (Å²) in [5.41, 5.74) is 7.39. The number of benzene rings is 1. The van der Waals surface area contributed by atoms with Gasteiger partial charge < -0.3 is 10.5 Å². The lowest BCUT2D eigenvalue weighted by atomic mass is 9.84. The molecule has 2 N–H and O–H groups in total. The maximum atomic E-state index is 12.5. The summed E-state index contributed by atoms with van der Waals surface area (Å²) in [6, 6.07) is 11.4. The second kappa shape index (κ2) is 9.01. The van der Waals surface area contributed by atoms with Gasteiger partial charge in [0.05, 0.1) is 22.7 Å². The number of nitrogen functional groups attached to an aromatic ring is 1. The van der Waals surface area contributed by atoms with E-state index in [0.29, 0.717) is 24.1 Å².